The summed E-state index contributed by atoms with van der Waals surface area (Å²) in [5.41, 5.74) is -1.52. The molecule has 2 saturated heterocycles. The Kier molecular flexibility index (Phi) is 4.67. The molecule has 3 atom stereocenters. The zero-order valence-electron chi connectivity index (χ0n) is 14.8. The first-order valence-corrected chi connectivity index (χ1v) is 8.29. The van der Waals surface area contributed by atoms with Gasteiger partial charge in [0.1, 0.15) is 18.1 Å². The second kappa shape index (κ2) is 6.37. The fourth-order valence-corrected chi connectivity index (χ4v) is 2.79. The Bertz CT molecular complexity index is 678. The molecule has 0 aliphatic carbocycles. The minimum atomic E-state index is -0.815. The molecule has 0 radical (unpaired) electrons. The van der Waals surface area contributed by atoms with E-state index in [4.69, 9.17) is 19.2 Å². The number of hydrogen-bond acceptors (Lipinski definition) is 8. The van der Waals surface area contributed by atoms with Crippen molar-refractivity contribution in [1.82, 2.24) is 9.55 Å². The fourth-order valence-electron chi connectivity index (χ4n) is 2.79. The summed E-state index contributed by atoms with van der Waals surface area (Å²) in [7, 11) is -0.712. The number of aliphatic hydroxyl groups excluding tert-OH is 2. The molecule has 10 heteroatoms. The number of rotatable bonds is 4. The second-order valence-electron chi connectivity index (χ2n) is 7.35. The van der Waals surface area contributed by atoms with Crippen molar-refractivity contribution in [2.75, 3.05) is 11.8 Å². The number of hydrogen-bond donors (Lipinski definition) is 3. The van der Waals surface area contributed by atoms with E-state index in [0.29, 0.717) is 5.82 Å². The van der Waals surface area contributed by atoms with Crippen LogP contribution in [0.15, 0.2) is 17.1 Å². The number of ether oxygens (including phenoxy) is 1. The molecule has 25 heavy (non-hydrogen) atoms. The van der Waals surface area contributed by atoms with Gasteiger partial charge in [0.2, 0.25) is 0 Å². The van der Waals surface area contributed by atoms with Crippen molar-refractivity contribution in [3.8, 4) is 0 Å². The smallest absolute Gasteiger partial charge is 0.394 e. The molecule has 0 saturated carbocycles. The highest BCUT2D eigenvalue weighted by Crippen LogP contribution is 2.36. The van der Waals surface area contributed by atoms with Crippen LogP contribution < -0.4 is 10.9 Å². The van der Waals surface area contributed by atoms with Gasteiger partial charge in [0.25, 0.3) is 0 Å². The van der Waals surface area contributed by atoms with E-state index in [0.717, 1.165) is 0 Å². The first-order chi connectivity index (χ1) is 11.6. The van der Waals surface area contributed by atoms with E-state index in [2.05, 4.69) is 10.2 Å². The summed E-state index contributed by atoms with van der Waals surface area (Å²) >= 11 is 0. The summed E-state index contributed by atoms with van der Waals surface area (Å²) in [5, 5.41) is 21.9. The van der Waals surface area contributed by atoms with E-state index in [1.54, 1.807) is 6.07 Å². The normalized spacial score (nSPS) is 30.6. The van der Waals surface area contributed by atoms with Crippen LogP contribution in [0.4, 0.5) is 5.82 Å². The molecule has 3 N–H and O–H groups in total. The average molecular weight is 353 g/mol. The molecule has 1 aromatic rings. The Morgan fingerprint density at radius 2 is 2.00 bits per heavy atom. The quantitative estimate of drug-likeness (QED) is 0.642. The van der Waals surface area contributed by atoms with E-state index < -0.39 is 42.6 Å². The van der Waals surface area contributed by atoms with Crippen LogP contribution in [0.3, 0.4) is 0 Å². The summed E-state index contributed by atoms with van der Waals surface area (Å²) in [6.45, 7) is 7.42. The highest BCUT2D eigenvalue weighted by Gasteiger charge is 2.52. The van der Waals surface area contributed by atoms with Gasteiger partial charge < -0.3 is 29.5 Å². The molecule has 1 aromatic heterocycles. The van der Waals surface area contributed by atoms with Crippen molar-refractivity contribution in [3.63, 3.8) is 0 Å². The Balaban J connectivity index is 1.70. The van der Waals surface area contributed by atoms with E-state index in [9.17, 15) is 9.90 Å². The van der Waals surface area contributed by atoms with Crippen molar-refractivity contribution in [2.45, 2.75) is 63.8 Å². The largest absolute Gasteiger partial charge is 0.592 e. The maximum absolute atomic E-state index is 12.3. The summed E-state index contributed by atoms with van der Waals surface area (Å²) in [4.78, 5) is 16.2. The van der Waals surface area contributed by atoms with Gasteiger partial charge in [0, 0.05) is 12.6 Å². The van der Waals surface area contributed by atoms with Crippen molar-refractivity contribution in [1.29, 1.82) is 0 Å². The number of aliphatic hydroxyl groups is 2. The monoisotopic (exact) mass is 353 g/mol. The summed E-state index contributed by atoms with van der Waals surface area (Å²) in [5.74, 6) is 0.317. The van der Waals surface area contributed by atoms with Gasteiger partial charge in [-0.2, -0.15) is 4.98 Å². The van der Waals surface area contributed by atoms with Crippen molar-refractivity contribution in [2.24, 2.45) is 0 Å². The molecular weight excluding hydrogens is 329 g/mol. The number of aromatic nitrogens is 2. The van der Waals surface area contributed by atoms with Crippen molar-refractivity contribution >= 4 is 13.1 Å². The first kappa shape index (κ1) is 18.3. The van der Waals surface area contributed by atoms with Crippen LogP contribution in [0.1, 0.15) is 40.3 Å². The number of nitrogens with zero attached hydrogens (tertiary/aromatic N) is 2. The van der Waals surface area contributed by atoms with Gasteiger partial charge in [-0.15, -0.1) is 0 Å². The van der Waals surface area contributed by atoms with Crippen molar-refractivity contribution in [3.05, 3.63) is 22.7 Å². The van der Waals surface area contributed by atoms with E-state index in [-0.39, 0.29) is 13.0 Å². The van der Waals surface area contributed by atoms with Crippen LogP contribution in [-0.2, 0) is 14.0 Å². The lowest BCUT2D eigenvalue weighted by atomic mass is 9.90. The summed E-state index contributed by atoms with van der Waals surface area (Å²) < 4.78 is 18.4. The molecule has 9 nitrogen and oxygen atoms in total. The SMILES string of the molecule is CC1(C)OB(Nc2ccn([C@H]3C[C@H](O)[C@@H](CO)O3)c(=O)n2)OC1(C)C. The van der Waals surface area contributed by atoms with Gasteiger partial charge >= 0.3 is 12.9 Å². The molecule has 0 bridgehead atoms. The minimum absolute atomic E-state index is 0.219. The Labute approximate surface area is 146 Å². The predicted octanol–water partition coefficient (Wildman–Crippen LogP) is -0.115. The van der Waals surface area contributed by atoms with E-state index in [1.165, 1.54) is 10.8 Å². The van der Waals surface area contributed by atoms with Crippen LogP contribution in [-0.4, -0.2) is 57.0 Å². The highest BCUT2D eigenvalue weighted by atomic mass is 16.7. The third kappa shape index (κ3) is 3.45. The van der Waals surface area contributed by atoms with Gasteiger partial charge in [-0.1, -0.05) is 0 Å². The third-order valence-corrected chi connectivity index (χ3v) is 5.04. The molecule has 138 valence electrons. The Morgan fingerprint density at radius 3 is 2.52 bits per heavy atom. The van der Waals surface area contributed by atoms with Crippen LogP contribution in [0.2, 0.25) is 0 Å². The standard InChI is InChI=1S/C15H24BN3O6/c1-14(2)15(3,4)25-16(24-14)18-11-5-6-19(13(22)17-11)12-7-9(21)10(8-20)23-12/h5-6,9-10,12,20-21H,7-8H2,1-4H3,(H,17,18,22)/t9-,10+,12+/m0/s1. The molecule has 0 amide bonds. The van der Waals surface area contributed by atoms with Gasteiger partial charge in [0.15, 0.2) is 0 Å². The van der Waals surface area contributed by atoms with Crippen LogP contribution in [0.25, 0.3) is 0 Å². The lowest BCUT2D eigenvalue weighted by Gasteiger charge is -2.32. The lowest BCUT2D eigenvalue weighted by molar-refractivity contribution is -0.0458. The van der Waals surface area contributed by atoms with E-state index >= 15 is 0 Å². The van der Waals surface area contributed by atoms with Gasteiger partial charge in [0.05, 0.1) is 23.9 Å². The zero-order valence-corrected chi connectivity index (χ0v) is 14.8. The van der Waals surface area contributed by atoms with Crippen molar-refractivity contribution < 1.29 is 24.3 Å². The van der Waals surface area contributed by atoms with Crippen LogP contribution in [0, 0.1) is 0 Å². The fraction of sp³-hybridized carbons (Fsp3) is 0.733. The summed E-state index contributed by atoms with van der Waals surface area (Å²) in [6, 6.07) is 1.61. The maximum atomic E-state index is 12.3. The Hall–Kier alpha value is -1.46. The van der Waals surface area contributed by atoms with E-state index in [1.807, 2.05) is 27.7 Å². The minimum Gasteiger partial charge on any atom is -0.394 e. The maximum Gasteiger partial charge on any atom is 0.592 e. The summed E-state index contributed by atoms with van der Waals surface area (Å²) in [6.07, 6.45) is -0.418. The molecule has 3 heterocycles. The van der Waals surface area contributed by atoms with Gasteiger partial charge in [-0.05, 0) is 33.8 Å². The average Bonchev–Trinajstić information content (AvgIpc) is 2.95. The third-order valence-electron chi connectivity index (χ3n) is 5.04. The molecule has 2 aliphatic heterocycles. The molecule has 0 spiro atoms. The van der Waals surface area contributed by atoms with Crippen LogP contribution >= 0.6 is 0 Å². The topological polar surface area (TPSA) is 115 Å². The Morgan fingerprint density at radius 1 is 1.36 bits per heavy atom. The lowest BCUT2D eigenvalue weighted by Crippen LogP contribution is -2.41. The molecule has 0 unspecified atom stereocenters. The van der Waals surface area contributed by atoms with Gasteiger partial charge in [-0.3, -0.25) is 4.57 Å². The first-order valence-electron chi connectivity index (χ1n) is 8.29. The molecule has 3 rings (SSSR count). The molecule has 2 aliphatic rings. The highest BCUT2D eigenvalue weighted by molar-refractivity contribution is 6.49. The number of anilines is 1. The molecular formula is C15H24BN3O6. The van der Waals surface area contributed by atoms with Gasteiger partial charge in [-0.25, -0.2) is 4.79 Å². The van der Waals surface area contributed by atoms with Crippen LogP contribution in [0.5, 0.6) is 0 Å². The molecule has 2 fully saturated rings. The second-order valence-corrected chi connectivity index (χ2v) is 7.35. The molecule has 0 aromatic carbocycles. The predicted molar refractivity (Wildman–Crippen MR) is 89.8 cm³/mol. The zero-order chi connectivity index (χ0) is 18.4. The number of nitrogens with one attached hydrogen (secondary N) is 1.